The van der Waals surface area contributed by atoms with Gasteiger partial charge in [-0.2, -0.15) is 0 Å². The number of methoxy groups -OCH3 is 1. The van der Waals surface area contributed by atoms with Gasteiger partial charge in [-0.25, -0.2) is 0 Å². The summed E-state index contributed by atoms with van der Waals surface area (Å²) in [5.74, 6) is 0.905. The second-order valence-electron chi connectivity index (χ2n) is 5.21. The average molecular weight is 304 g/mol. The predicted octanol–water partition coefficient (Wildman–Crippen LogP) is 4.11. The highest BCUT2D eigenvalue weighted by Crippen LogP contribution is 2.16. The summed E-state index contributed by atoms with van der Waals surface area (Å²) in [4.78, 5) is 0. The van der Waals surface area contributed by atoms with Crippen LogP contribution in [0.5, 0.6) is 5.75 Å². The molecule has 0 saturated carbocycles. The van der Waals surface area contributed by atoms with Gasteiger partial charge in [-0.05, 0) is 61.7 Å². The molecule has 112 valence electrons. The molecule has 0 aliphatic carbocycles. The fraction of sp³-hybridized carbons (Fsp3) is 0.333. The summed E-state index contributed by atoms with van der Waals surface area (Å²) in [5.41, 5.74) is 2.61. The van der Waals surface area contributed by atoms with Crippen LogP contribution >= 0.6 is 11.6 Å². The third kappa shape index (κ3) is 5.07. The van der Waals surface area contributed by atoms with Gasteiger partial charge in [0.25, 0.3) is 0 Å². The second kappa shape index (κ2) is 8.06. The van der Waals surface area contributed by atoms with Crippen LogP contribution in [0.1, 0.15) is 17.5 Å². The third-order valence-corrected chi connectivity index (χ3v) is 3.96. The number of likely N-dealkylation sites (N-methyl/N-ethyl adjacent to an activating group) is 1. The maximum atomic E-state index is 6.04. The number of halogens is 1. The molecule has 1 atom stereocenters. The number of rotatable bonds is 7. The minimum atomic E-state index is 0.450. The molecule has 2 nitrogen and oxygen atoms in total. The lowest BCUT2D eigenvalue weighted by atomic mass is 9.99. The molecule has 0 aromatic heterocycles. The lowest BCUT2D eigenvalue weighted by Gasteiger charge is -2.16. The molecular weight excluding hydrogens is 282 g/mol. The smallest absolute Gasteiger partial charge is 0.118 e. The number of aryl methyl sites for hydroxylation is 1. The van der Waals surface area contributed by atoms with Gasteiger partial charge in [0.2, 0.25) is 0 Å². The SMILES string of the molecule is CNC(CCc1ccc(OC)cc1)Cc1cccc(Cl)c1. The third-order valence-electron chi connectivity index (χ3n) is 3.72. The van der Waals surface area contributed by atoms with Crippen molar-refractivity contribution >= 4 is 11.6 Å². The lowest BCUT2D eigenvalue weighted by Crippen LogP contribution is -2.28. The number of benzene rings is 2. The topological polar surface area (TPSA) is 21.3 Å². The number of hydrogen-bond donors (Lipinski definition) is 1. The normalized spacial score (nSPS) is 12.1. The fourth-order valence-electron chi connectivity index (χ4n) is 2.43. The minimum Gasteiger partial charge on any atom is -0.497 e. The van der Waals surface area contributed by atoms with Crippen molar-refractivity contribution in [2.45, 2.75) is 25.3 Å². The quantitative estimate of drug-likeness (QED) is 0.831. The Hall–Kier alpha value is -1.51. The van der Waals surface area contributed by atoms with Crippen molar-refractivity contribution in [3.05, 3.63) is 64.7 Å². The van der Waals surface area contributed by atoms with Gasteiger partial charge in [0, 0.05) is 11.1 Å². The lowest BCUT2D eigenvalue weighted by molar-refractivity contribution is 0.414. The first-order valence-electron chi connectivity index (χ1n) is 7.26. The molecule has 1 N–H and O–H groups in total. The molecule has 1 unspecified atom stereocenters. The molecule has 0 amide bonds. The van der Waals surface area contributed by atoms with E-state index in [2.05, 4.69) is 23.5 Å². The van der Waals surface area contributed by atoms with E-state index >= 15 is 0 Å². The maximum absolute atomic E-state index is 6.04. The van der Waals surface area contributed by atoms with Gasteiger partial charge >= 0.3 is 0 Å². The zero-order valence-corrected chi connectivity index (χ0v) is 13.4. The first kappa shape index (κ1) is 15.9. The van der Waals surface area contributed by atoms with Gasteiger partial charge < -0.3 is 10.1 Å². The molecule has 0 aliphatic rings. The summed E-state index contributed by atoms with van der Waals surface area (Å²) in [5, 5.41) is 4.20. The highest BCUT2D eigenvalue weighted by atomic mass is 35.5. The van der Waals surface area contributed by atoms with E-state index in [9.17, 15) is 0 Å². The Morgan fingerprint density at radius 2 is 1.86 bits per heavy atom. The van der Waals surface area contributed by atoms with Gasteiger partial charge in [0.15, 0.2) is 0 Å². The largest absolute Gasteiger partial charge is 0.497 e. The van der Waals surface area contributed by atoms with E-state index in [0.29, 0.717) is 6.04 Å². The van der Waals surface area contributed by atoms with Crippen LogP contribution in [-0.2, 0) is 12.8 Å². The van der Waals surface area contributed by atoms with Crippen LogP contribution in [-0.4, -0.2) is 20.2 Å². The van der Waals surface area contributed by atoms with Crippen LogP contribution in [0.15, 0.2) is 48.5 Å². The van der Waals surface area contributed by atoms with E-state index in [4.69, 9.17) is 16.3 Å². The summed E-state index contributed by atoms with van der Waals surface area (Å²) < 4.78 is 5.18. The Morgan fingerprint density at radius 1 is 1.10 bits per heavy atom. The van der Waals surface area contributed by atoms with Crippen LogP contribution in [0.4, 0.5) is 0 Å². The number of nitrogens with one attached hydrogen (secondary N) is 1. The zero-order valence-electron chi connectivity index (χ0n) is 12.6. The Bertz CT molecular complexity index is 553. The van der Waals surface area contributed by atoms with Gasteiger partial charge in [0.1, 0.15) is 5.75 Å². The average Bonchev–Trinajstić information content (AvgIpc) is 2.52. The van der Waals surface area contributed by atoms with Crippen molar-refractivity contribution in [3.63, 3.8) is 0 Å². The number of ether oxygens (including phenoxy) is 1. The second-order valence-corrected chi connectivity index (χ2v) is 5.64. The van der Waals surface area contributed by atoms with Crippen molar-refractivity contribution in [2.75, 3.05) is 14.2 Å². The first-order chi connectivity index (χ1) is 10.2. The molecule has 0 aliphatic heterocycles. The van der Waals surface area contributed by atoms with E-state index in [1.54, 1.807) is 7.11 Å². The van der Waals surface area contributed by atoms with E-state index in [1.165, 1.54) is 11.1 Å². The molecule has 0 bridgehead atoms. The summed E-state index contributed by atoms with van der Waals surface area (Å²) in [6.07, 6.45) is 3.14. The van der Waals surface area contributed by atoms with Crippen LogP contribution < -0.4 is 10.1 Å². The maximum Gasteiger partial charge on any atom is 0.118 e. The van der Waals surface area contributed by atoms with Crippen LogP contribution in [0.3, 0.4) is 0 Å². The monoisotopic (exact) mass is 303 g/mol. The van der Waals surface area contributed by atoms with Gasteiger partial charge in [-0.15, -0.1) is 0 Å². The molecular formula is C18H22ClNO. The molecule has 0 saturated heterocycles. The van der Waals surface area contributed by atoms with Gasteiger partial charge in [-0.3, -0.25) is 0 Å². The zero-order chi connectivity index (χ0) is 15.1. The highest BCUT2D eigenvalue weighted by molar-refractivity contribution is 6.30. The molecule has 21 heavy (non-hydrogen) atoms. The van der Waals surface area contributed by atoms with Crippen LogP contribution in [0.25, 0.3) is 0 Å². The molecule has 2 rings (SSSR count). The molecule has 2 aromatic rings. The summed E-state index contributed by atoms with van der Waals surface area (Å²) in [6.45, 7) is 0. The van der Waals surface area contributed by atoms with Crippen molar-refractivity contribution in [1.29, 1.82) is 0 Å². The van der Waals surface area contributed by atoms with E-state index in [0.717, 1.165) is 30.0 Å². The fourth-order valence-corrected chi connectivity index (χ4v) is 2.64. The molecule has 0 radical (unpaired) electrons. The Balaban J connectivity index is 1.89. The predicted molar refractivity (Wildman–Crippen MR) is 89.3 cm³/mol. The molecule has 2 aromatic carbocycles. The summed E-state index contributed by atoms with van der Waals surface area (Å²) in [6, 6.07) is 16.8. The minimum absolute atomic E-state index is 0.450. The van der Waals surface area contributed by atoms with Crippen molar-refractivity contribution in [3.8, 4) is 5.75 Å². The van der Waals surface area contributed by atoms with E-state index in [-0.39, 0.29) is 0 Å². The van der Waals surface area contributed by atoms with Gasteiger partial charge in [-0.1, -0.05) is 35.9 Å². The summed E-state index contributed by atoms with van der Waals surface area (Å²) >= 11 is 6.04. The van der Waals surface area contributed by atoms with Crippen molar-refractivity contribution in [2.24, 2.45) is 0 Å². The van der Waals surface area contributed by atoms with Crippen molar-refractivity contribution in [1.82, 2.24) is 5.32 Å². The Labute approximate surface area is 132 Å². The number of hydrogen-bond acceptors (Lipinski definition) is 2. The Morgan fingerprint density at radius 3 is 2.48 bits per heavy atom. The molecule has 3 heteroatoms. The van der Waals surface area contributed by atoms with Crippen LogP contribution in [0.2, 0.25) is 5.02 Å². The van der Waals surface area contributed by atoms with Crippen LogP contribution in [0, 0.1) is 0 Å². The van der Waals surface area contributed by atoms with Crippen molar-refractivity contribution < 1.29 is 4.74 Å². The molecule has 0 spiro atoms. The van der Waals surface area contributed by atoms with E-state index in [1.807, 2.05) is 37.4 Å². The standard InChI is InChI=1S/C18H22ClNO/c1-20-17(13-15-4-3-5-16(19)12-15)9-6-14-7-10-18(21-2)11-8-14/h3-5,7-8,10-12,17,20H,6,9,13H2,1-2H3. The van der Waals surface area contributed by atoms with Gasteiger partial charge in [0.05, 0.1) is 7.11 Å². The first-order valence-corrected chi connectivity index (χ1v) is 7.63. The highest BCUT2D eigenvalue weighted by Gasteiger charge is 2.08. The Kier molecular flexibility index (Phi) is 6.09. The molecule has 0 heterocycles. The van der Waals surface area contributed by atoms with E-state index < -0.39 is 0 Å². The summed E-state index contributed by atoms with van der Waals surface area (Å²) in [7, 11) is 3.71. The molecule has 0 fully saturated rings.